The summed E-state index contributed by atoms with van der Waals surface area (Å²) in [6, 6.07) is 13.2. The molecule has 0 saturated heterocycles. The van der Waals surface area contributed by atoms with Crippen LogP contribution in [0.4, 0.5) is 5.69 Å². The van der Waals surface area contributed by atoms with Crippen LogP contribution in [0.25, 0.3) is 0 Å². The number of hydrogen-bond donors (Lipinski definition) is 1. The van der Waals surface area contributed by atoms with E-state index < -0.39 is 27.3 Å². The van der Waals surface area contributed by atoms with Crippen molar-refractivity contribution in [2.45, 2.75) is 77.2 Å². The van der Waals surface area contributed by atoms with Gasteiger partial charge in [0.25, 0.3) is 0 Å². The Labute approximate surface area is 273 Å². The molecule has 0 bridgehead atoms. The van der Waals surface area contributed by atoms with Gasteiger partial charge in [-0.25, -0.2) is 8.42 Å². The Morgan fingerprint density at radius 1 is 0.889 bits per heavy atom. The van der Waals surface area contributed by atoms with Crippen LogP contribution in [0.3, 0.4) is 0 Å². The van der Waals surface area contributed by atoms with Crippen molar-refractivity contribution in [3.8, 4) is 5.75 Å². The average molecular weight is 648 g/mol. The van der Waals surface area contributed by atoms with Gasteiger partial charge in [-0.3, -0.25) is 0 Å². The molecule has 1 heterocycles. The van der Waals surface area contributed by atoms with Gasteiger partial charge in [-0.1, -0.05) is 38.8 Å². The summed E-state index contributed by atoms with van der Waals surface area (Å²) in [6.45, 7) is 17.9. The summed E-state index contributed by atoms with van der Waals surface area (Å²) >= 11 is 0. The van der Waals surface area contributed by atoms with Crippen LogP contribution in [0.2, 0.25) is 0 Å². The molecule has 2 aromatic rings. The van der Waals surface area contributed by atoms with Gasteiger partial charge in [0.2, 0.25) is 0 Å². The van der Waals surface area contributed by atoms with Gasteiger partial charge in [-0.2, -0.15) is 0 Å². The summed E-state index contributed by atoms with van der Waals surface area (Å²) < 4.78 is 46.2. The first-order valence-electron chi connectivity index (χ1n) is 17.0. The molecule has 1 aliphatic rings. The second kappa shape index (κ2) is 17.1. The molecule has 0 fully saturated rings. The Bertz CT molecular complexity index is 1270. The van der Waals surface area contributed by atoms with E-state index in [0.29, 0.717) is 55.5 Å². The number of unbranched alkanes of at least 4 members (excludes halogenated alkanes) is 1. The number of nitrogens with zero attached hydrogens (tertiary/aromatic N) is 2. The lowest BCUT2D eigenvalue weighted by molar-refractivity contribution is -0.923. The molecule has 0 radical (unpaired) electrons. The number of benzene rings is 2. The molecule has 0 spiro atoms. The van der Waals surface area contributed by atoms with Crippen LogP contribution in [0.5, 0.6) is 5.75 Å². The van der Waals surface area contributed by atoms with Crippen molar-refractivity contribution < 1.29 is 32.2 Å². The molecule has 1 aliphatic heterocycles. The number of quaternary nitrogens is 1. The number of likely N-dealkylation sites (N-methyl/N-ethyl adjacent to an activating group) is 1. The third-order valence-corrected chi connectivity index (χ3v) is 12.2. The molecule has 0 aliphatic carbocycles. The van der Waals surface area contributed by atoms with Gasteiger partial charge in [0, 0.05) is 31.1 Å². The molecule has 45 heavy (non-hydrogen) atoms. The topological polar surface area (TPSA) is 85.3 Å². The molecule has 0 amide bonds. The van der Waals surface area contributed by atoms with Crippen LogP contribution in [0, 0.1) is 5.41 Å². The number of fused-ring (bicyclic) bond motifs is 1. The maximum Gasteiger partial charge on any atom is 0.179 e. The van der Waals surface area contributed by atoms with Crippen LogP contribution in [-0.4, -0.2) is 103 Å². The smallest absolute Gasteiger partial charge is 0.179 e. The molecule has 1 N–H and O–H groups in total. The summed E-state index contributed by atoms with van der Waals surface area (Å²) in [4.78, 5) is 2.29. The average Bonchev–Trinajstić information content (AvgIpc) is 3.11. The van der Waals surface area contributed by atoms with Crippen molar-refractivity contribution in [2.75, 3.05) is 84.0 Å². The Hall–Kier alpha value is -2.17. The van der Waals surface area contributed by atoms with Crippen molar-refractivity contribution in [1.29, 1.82) is 0 Å². The lowest BCUT2D eigenvalue weighted by atomic mass is 9.69. The zero-order chi connectivity index (χ0) is 33.1. The quantitative estimate of drug-likeness (QED) is 0.150. The molecule has 8 nitrogen and oxygen atoms in total. The Morgan fingerprint density at radius 2 is 1.51 bits per heavy atom. The summed E-state index contributed by atoms with van der Waals surface area (Å²) in [5.74, 6) is 0.171. The lowest BCUT2D eigenvalue weighted by Crippen LogP contribution is -2.49. The molecule has 9 heteroatoms. The van der Waals surface area contributed by atoms with E-state index in [9.17, 15) is 13.5 Å². The molecule has 0 saturated carbocycles. The van der Waals surface area contributed by atoms with E-state index in [4.69, 9.17) is 14.2 Å². The van der Waals surface area contributed by atoms with Gasteiger partial charge < -0.3 is 28.7 Å². The van der Waals surface area contributed by atoms with Gasteiger partial charge in [0.15, 0.2) is 9.84 Å². The molecule has 254 valence electrons. The van der Waals surface area contributed by atoms with Gasteiger partial charge in [-0.05, 0) is 75.1 Å². The minimum atomic E-state index is -3.62. The molecule has 2 aromatic carbocycles. The third-order valence-electron chi connectivity index (χ3n) is 10.2. The largest absolute Gasteiger partial charge is 0.491 e. The third kappa shape index (κ3) is 9.22. The first kappa shape index (κ1) is 37.3. The van der Waals surface area contributed by atoms with E-state index in [0.717, 1.165) is 61.4 Å². The first-order chi connectivity index (χ1) is 21.5. The molecule has 0 unspecified atom stereocenters. The SMILES string of the molecule is CCCC[C@]1(CC)CS(=O)(=O)c2ccc(N(C)C)cc2[C@@H](c2ccc(OCCOCCOCC[N+](CC)(CC)CC)cc2)[C@H]1O. The van der Waals surface area contributed by atoms with Crippen molar-refractivity contribution in [2.24, 2.45) is 5.41 Å². The van der Waals surface area contributed by atoms with Gasteiger partial charge >= 0.3 is 0 Å². The summed E-state index contributed by atoms with van der Waals surface area (Å²) in [7, 11) is 0.263. The number of aliphatic hydroxyl groups excluding tert-OH is 1. The normalized spacial score (nSPS) is 21.2. The minimum absolute atomic E-state index is 0.0507. The number of ether oxygens (including phenoxy) is 3. The van der Waals surface area contributed by atoms with Crippen molar-refractivity contribution in [3.05, 3.63) is 53.6 Å². The number of anilines is 1. The maximum absolute atomic E-state index is 13.8. The van der Waals surface area contributed by atoms with Crippen LogP contribution < -0.4 is 9.64 Å². The number of hydrogen-bond acceptors (Lipinski definition) is 7. The van der Waals surface area contributed by atoms with Gasteiger partial charge in [0.05, 0.1) is 62.8 Å². The van der Waals surface area contributed by atoms with Crippen molar-refractivity contribution >= 4 is 15.5 Å². The molecule has 3 rings (SSSR count). The first-order valence-corrected chi connectivity index (χ1v) is 18.6. The highest BCUT2D eigenvalue weighted by molar-refractivity contribution is 7.91. The molecular formula is C36H59N2O6S+. The van der Waals surface area contributed by atoms with Crippen LogP contribution in [0.15, 0.2) is 47.4 Å². The molecule has 3 atom stereocenters. The fourth-order valence-corrected chi connectivity index (χ4v) is 8.97. The lowest BCUT2D eigenvalue weighted by Gasteiger charge is -2.39. The van der Waals surface area contributed by atoms with E-state index in [1.807, 2.05) is 62.3 Å². The van der Waals surface area contributed by atoms with Crippen molar-refractivity contribution in [3.63, 3.8) is 0 Å². The second-order valence-electron chi connectivity index (χ2n) is 12.8. The highest BCUT2D eigenvalue weighted by Crippen LogP contribution is 2.49. The van der Waals surface area contributed by atoms with E-state index in [1.165, 1.54) is 0 Å². The fourth-order valence-electron chi connectivity index (χ4n) is 6.72. The van der Waals surface area contributed by atoms with Crippen LogP contribution in [-0.2, 0) is 19.3 Å². The van der Waals surface area contributed by atoms with Gasteiger partial charge in [-0.15, -0.1) is 0 Å². The molecule has 0 aromatic heterocycles. The maximum atomic E-state index is 13.8. The van der Waals surface area contributed by atoms with E-state index in [2.05, 4.69) is 27.7 Å². The zero-order valence-electron chi connectivity index (χ0n) is 28.9. The van der Waals surface area contributed by atoms with Crippen LogP contribution in [0.1, 0.15) is 77.3 Å². The Balaban J connectivity index is 1.69. The predicted molar refractivity (Wildman–Crippen MR) is 183 cm³/mol. The Kier molecular flexibility index (Phi) is 14.2. The van der Waals surface area contributed by atoms with Gasteiger partial charge in [0.1, 0.15) is 18.9 Å². The fraction of sp³-hybridized carbons (Fsp3) is 0.667. The summed E-state index contributed by atoms with van der Waals surface area (Å²) in [5.41, 5.74) is 1.70. The monoisotopic (exact) mass is 647 g/mol. The summed E-state index contributed by atoms with van der Waals surface area (Å²) in [6.07, 6.45) is 2.20. The second-order valence-corrected chi connectivity index (χ2v) is 14.7. The highest BCUT2D eigenvalue weighted by atomic mass is 32.2. The van der Waals surface area contributed by atoms with Crippen LogP contribution >= 0.6 is 0 Å². The number of rotatable bonds is 19. The zero-order valence-corrected chi connectivity index (χ0v) is 29.7. The predicted octanol–water partition coefficient (Wildman–Crippen LogP) is 5.91. The van der Waals surface area contributed by atoms with Crippen molar-refractivity contribution in [1.82, 2.24) is 0 Å². The van der Waals surface area contributed by atoms with E-state index >= 15 is 0 Å². The number of sulfone groups is 1. The van der Waals surface area contributed by atoms with E-state index in [1.54, 1.807) is 6.07 Å². The minimum Gasteiger partial charge on any atom is -0.491 e. The van der Waals surface area contributed by atoms with E-state index in [-0.39, 0.29) is 5.75 Å². The Morgan fingerprint density at radius 3 is 2.09 bits per heavy atom. The summed E-state index contributed by atoms with van der Waals surface area (Å²) in [5, 5.41) is 12.1. The standard InChI is InChI=1S/C36H59N2O6S/c1-8-13-20-36(9-2)28-45(40,41)33-19-16-30(37(6)7)27-32(33)34(35(36)39)29-14-17-31(18-15-29)44-26-25-43-24-23-42-22-21-38(10-3,11-4)12-5/h14-19,27,34-35,39H,8-13,20-26,28H2,1-7H3/q+1/t34-,35-,36-/m1/s1. The highest BCUT2D eigenvalue weighted by Gasteiger charge is 2.49. The molecular weight excluding hydrogens is 588 g/mol. The number of aliphatic hydroxyl groups is 1.